The Labute approximate surface area is 54.5 Å². The van der Waals surface area contributed by atoms with Gasteiger partial charge in [0.25, 0.3) is 0 Å². The normalized spacial score (nSPS) is 12.2. The van der Waals surface area contributed by atoms with Crippen LogP contribution in [-0.4, -0.2) is 18.6 Å². The van der Waals surface area contributed by atoms with Crippen molar-refractivity contribution in [1.29, 1.82) is 0 Å². The van der Waals surface area contributed by atoms with Gasteiger partial charge in [-0.3, -0.25) is 5.73 Å². The summed E-state index contributed by atoms with van der Waals surface area (Å²) < 4.78 is 4.60. The molecule has 0 aromatic rings. The van der Waals surface area contributed by atoms with Gasteiger partial charge in [0, 0.05) is 12.6 Å². The quantitative estimate of drug-likeness (QED) is 0.407. The molecule has 0 saturated carbocycles. The zero-order valence-corrected chi connectivity index (χ0v) is 5.39. The fraction of sp³-hybridized carbons (Fsp3) is 0.500. The first-order valence-electron chi connectivity index (χ1n) is 2.68. The lowest BCUT2D eigenvalue weighted by atomic mass is 10.4. The molecule has 9 heavy (non-hydrogen) atoms. The van der Waals surface area contributed by atoms with E-state index in [9.17, 15) is 4.79 Å². The van der Waals surface area contributed by atoms with Crippen molar-refractivity contribution in [1.82, 2.24) is 5.73 Å². The molecule has 0 heterocycles. The summed E-state index contributed by atoms with van der Waals surface area (Å²) >= 11 is 0. The Balaban J connectivity index is 3.46. The number of nitrogens with one attached hydrogen (secondary N) is 1. The summed E-state index contributed by atoms with van der Waals surface area (Å²) in [7, 11) is 0. The maximum absolute atomic E-state index is 10.4. The fourth-order valence-corrected chi connectivity index (χ4v) is 0.288. The molecule has 1 radical (unpaired) electrons. The first kappa shape index (κ1) is 8.17. The second-order valence-electron chi connectivity index (χ2n) is 1.66. The molecule has 1 atom stereocenters. The van der Waals surface area contributed by atoms with Gasteiger partial charge in [-0.15, -0.1) is 0 Å². The maximum Gasteiger partial charge on any atom is 0.330 e. The smallest absolute Gasteiger partial charge is 0.330 e. The van der Waals surface area contributed by atoms with E-state index in [-0.39, 0.29) is 12.6 Å². The Bertz CT molecular complexity index is 112. The molecule has 0 aromatic heterocycles. The molecule has 0 bridgehead atoms. The van der Waals surface area contributed by atoms with Crippen LogP contribution in [-0.2, 0) is 9.53 Å². The molecule has 51 valence electrons. The van der Waals surface area contributed by atoms with E-state index in [0.717, 1.165) is 6.08 Å². The van der Waals surface area contributed by atoms with Crippen molar-refractivity contribution in [3.8, 4) is 0 Å². The van der Waals surface area contributed by atoms with Crippen molar-refractivity contribution < 1.29 is 9.53 Å². The van der Waals surface area contributed by atoms with Gasteiger partial charge in [-0.2, -0.15) is 0 Å². The second-order valence-corrected chi connectivity index (χ2v) is 1.66. The van der Waals surface area contributed by atoms with Gasteiger partial charge in [-0.1, -0.05) is 6.58 Å². The molecule has 0 aliphatic rings. The highest BCUT2D eigenvalue weighted by molar-refractivity contribution is 5.81. The lowest BCUT2D eigenvalue weighted by Crippen LogP contribution is -2.17. The van der Waals surface area contributed by atoms with Gasteiger partial charge in [0.1, 0.15) is 6.10 Å². The third-order valence-electron chi connectivity index (χ3n) is 0.771. The predicted molar refractivity (Wildman–Crippen MR) is 33.7 cm³/mol. The lowest BCUT2D eigenvalue weighted by molar-refractivity contribution is -0.141. The van der Waals surface area contributed by atoms with Crippen molar-refractivity contribution in [2.75, 3.05) is 6.54 Å². The average molecular weight is 128 g/mol. The molecule has 0 amide bonds. The van der Waals surface area contributed by atoms with Crippen molar-refractivity contribution in [2.45, 2.75) is 13.0 Å². The number of hydrogen-bond donors (Lipinski definition) is 0. The topological polar surface area (TPSA) is 50.1 Å². The number of carbonyl (C=O) groups is 1. The van der Waals surface area contributed by atoms with Crippen LogP contribution in [0.4, 0.5) is 0 Å². The maximum atomic E-state index is 10.4. The summed E-state index contributed by atoms with van der Waals surface area (Å²) in [6.07, 6.45) is 0.766. The summed E-state index contributed by atoms with van der Waals surface area (Å²) in [5.41, 5.74) is 6.77. The van der Waals surface area contributed by atoms with E-state index >= 15 is 0 Å². The first-order chi connectivity index (χ1) is 4.20. The highest BCUT2D eigenvalue weighted by atomic mass is 16.5. The average Bonchev–Trinajstić information content (AvgIpc) is 1.87. The van der Waals surface area contributed by atoms with Gasteiger partial charge in [0.15, 0.2) is 0 Å². The number of esters is 1. The zero-order valence-electron chi connectivity index (χ0n) is 5.39. The number of hydrogen-bond acceptors (Lipinski definition) is 2. The molecule has 0 aliphatic carbocycles. The SMILES string of the molecule is C=CC(=O)OC(C)C[NH]. The van der Waals surface area contributed by atoms with Crippen LogP contribution >= 0.6 is 0 Å². The predicted octanol–water partition coefficient (Wildman–Crippen LogP) is 0.387. The van der Waals surface area contributed by atoms with Crippen LogP contribution in [0.5, 0.6) is 0 Å². The van der Waals surface area contributed by atoms with Crippen molar-refractivity contribution >= 4 is 5.97 Å². The van der Waals surface area contributed by atoms with E-state index in [1.807, 2.05) is 0 Å². The summed E-state index contributed by atoms with van der Waals surface area (Å²) in [5.74, 6) is -0.463. The number of rotatable bonds is 3. The second kappa shape index (κ2) is 4.09. The monoisotopic (exact) mass is 128 g/mol. The van der Waals surface area contributed by atoms with Crippen molar-refractivity contribution in [2.24, 2.45) is 0 Å². The molecule has 0 spiro atoms. The molecule has 0 rings (SSSR count). The van der Waals surface area contributed by atoms with E-state index in [2.05, 4.69) is 11.3 Å². The highest BCUT2D eigenvalue weighted by Crippen LogP contribution is 1.88. The van der Waals surface area contributed by atoms with Gasteiger partial charge >= 0.3 is 5.97 Å². The van der Waals surface area contributed by atoms with Crippen LogP contribution in [0.25, 0.3) is 0 Å². The Morgan fingerprint density at radius 2 is 2.56 bits per heavy atom. The summed E-state index contributed by atoms with van der Waals surface area (Å²) in [4.78, 5) is 10.4. The molecule has 1 N–H and O–H groups in total. The van der Waals surface area contributed by atoms with Crippen LogP contribution in [0.3, 0.4) is 0 Å². The van der Waals surface area contributed by atoms with Gasteiger partial charge in [0.2, 0.25) is 0 Å². The molecule has 3 heteroatoms. The van der Waals surface area contributed by atoms with E-state index in [0.29, 0.717) is 0 Å². The Kier molecular flexibility index (Phi) is 3.71. The van der Waals surface area contributed by atoms with Crippen LogP contribution in [0.1, 0.15) is 6.92 Å². The number of carbonyl (C=O) groups excluding carboxylic acids is 1. The molecular weight excluding hydrogens is 118 g/mol. The Hall–Kier alpha value is -0.830. The minimum absolute atomic E-state index is 0.0968. The van der Waals surface area contributed by atoms with Crippen LogP contribution in [0.15, 0.2) is 12.7 Å². The molecular formula is C6H10NO2. The zero-order chi connectivity index (χ0) is 7.28. The summed E-state index contributed by atoms with van der Waals surface area (Å²) in [5, 5.41) is 0. The molecule has 0 aromatic carbocycles. The van der Waals surface area contributed by atoms with Gasteiger partial charge in [-0.25, -0.2) is 4.79 Å². The van der Waals surface area contributed by atoms with E-state index in [1.54, 1.807) is 6.92 Å². The van der Waals surface area contributed by atoms with Crippen LogP contribution < -0.4 is 5.73 Å². The summed E-state index contributed by atoms with van der Waals surface area (Å²) in [6.45, 7) is 4.97. The Morgan fingerprint density at radius 1 is 2.00 bits per heavy atom. The van der Waals surface area contributed by atoms with Crippen molar-refractivity contribution in [3.63, 3.8) is 0 Å². The van der Waals surface area contributed by atoms with Gasteiger partial charge in [-0.05, 0) is 6.92 Å². The minimum Gasteiger partial charge on any atom is -0.458 e. The third-order valence-corrected chi connectivity index (χ3v) is 0.771. The molecule has 1 unspecified atom stereocenters. The van der Waals surface area contributed by atoms with Crippen LogP contribution in [0, 0.1) is 0 Å². The number of ether oxygens (including phenoxy) is 1. The minimum atomic E-state index is -0.463. The molecule has 0 saturated heterocycles. The van der Waals surface area contributed by atoms with Gasteiger partial charge in [0.05, 0.1) is 0 Å². The van der Waals surface area contributed by atoms with Crippen LogP contribution in [0.2, 0.25) is 0 Å². The first-order valence-corrected chi connectivity index (χ1v) is 2.68. The Morgan fingerprint density at radius 3 is 2.89 bits per heavy atom. The lowest BCUT2D eigenvalue weighted by Gasteiger charge is -2.06. The van der Waals surface area contributed by atoms with E-state index in [1.165, 1.54) is 0 Å². The highest BCUT2D eigenvalue weighted by Gasteiger charge is 2.01. The van der Waals surface area contributed by atoms with E-state index < -0.39 is 5.97 Å². The largest absolute Gasteiger partial charge is 0.458 e. The fourth-order valence-electron chi connectivity index (χ4n) is 0.288. The van der Waals surface area contributed by atoms with Gasteiger partial charge < -0.3 is 4.74 Å². The summed E-state index contributed by atoms with van der Waals surface area (Å²) in [6, 6.07) is 0. The molecule has 0 aliphatic heterocycles. The standard InChI is InChI=1S/C6H10NO2/c1-3-6(8)9-5(2)4-7/h3,5,7H,1,4H2,2H3. The third kappa shape index (κ3) is 3.73. The molecule has 3 nitrogen and oxygen atoms in total. The van der Waals surface area contributed by atoms with Crippen molar-refractivity contribution in [3.05, 3.63) is 12.7 Å². The van der Waals surface area contributed by atoms with E-state index in [4.69, 9.17) is 5.73 Å². The molecule has 0 fully saturated rings.